The molecule has 0 radical (unpaired) electrons. The molecule has 0 spiro atoms. The predicted molar refractivity (Wildman–Crippen MR) is 64.1 cm³/mol. The van der Waals surface area contributed by atoms with Crippen molar-refractivity contribution in [3.63, 3.8) is 0 Å². The average Bonchev–Trinajstić information content (AvgIpc) is 2.16. The summed E-state index contributed by atoms with van der Waals surface area (Å²) in [6.07, 6.45) is 0.757. The van der Waals surface area contributed by atoms with Crippen LogP contribution in [0, 0.1) is 0 Å². The molecular weight excluding hydrogens is 202 g/mol. The van der Waals surface area contributed by atoms with Gasteiger partial charge in [-0.15, -0.1) is 6.58 Å². The van der Waals surface area contributed by atoms with Crippen LogP contribution in [0.3, 0.4) is 0 Å². The lowest BCUT2D eigenvalue weighted by Crippen LogP contribution is -2.10. The smallest absolute Gasteiger partial charge is 0.308 e. The molecule has 0 saturated heterocycles. The molecule has 0 heterocycles. The Bertz CT molecular complexity index is 381. The molecule has 0 fully saturated rings. The van der Waals surface area contributed by atoms with Crippen molar-refractivity contribution in [3.8, 4) is 5.75 Å². The van der Waals surface area contributed by atoms with Crippen LogP contribution in [-0.2, 0) is 4.79 Å². The lowest BCUT2D eigenvalue weighted by atomic mass is 10.0. The zero-order valence-electron chi connectivity index (χ0n) is 9.69. The minimum absolute atomic E-state index is 0.0520. The lowest BCUT2D eigenvalue weighted by Gasteiger charge is -2.12. The van der Waals surface area contributed by atoms with E-state index in [4.69, 9.17) is 10.5 Å². The van der Waals surface area contributed by atoms with Crippen LogP contribution in [0.15, 0.2) is 36.4 Å². The Morgan fingerprint density at radius 2 is 1.94 bits per heavy atom. The molecule has 1 aromatic carbocycles. The van der Waals surface area contributed by atoms with Crippen molar-refractivity contribution >= 4 is 5.97 Å². The molecule has 0 unspecified atom stereocenters. The van der Waals surface area contributed by atoms with Crippen LogP contribution in [0.2, 0.25) is 0 Å². The van der Waals surface area contributed by atoms with Crippen LogP contribution in [0.5, 0.6) is 5.75 Å². The predicted octanol–water partition coefficient (Wildman–Crippen LogP) is 2.58. The van der Waals surface area contributed by atoms with Crippen molar-refractivity contribution in [1.82, 2.24) is 0 Å². The SMILES string of the molecule is C=C(C)C[C@@H](N)c1ccc(OC(C)=O)cc1. The van der Waals surface area contributed by atoms with E-state index in [1.807, 2.05) is 19.1 Å². The molecule has 0 aromatic heterocycles. The summed E-state index contributed by atoms with van der Waals surface area (Å²) >= 11 is 0. The van der Waals surface area contributed by atoms with E-state index >= 15 is 0 Å². The van der Waals surface area contributed by atoms with Crippen LogP contribution < -0.4 is 10.5 Å². The summed E-state index contributed by atoms with van der Waals surface area (Å²) in [7, 11) is 0. The number of hydrogen-bond acceptors (Lipinski definition) is 3. The summed E-state index contributed by atoms with van der Waals surface area (Å²) in [5.74, 6) is 0.220. The third-order valence-corrected chi connectivity index (χ3v) is 2.14. The van der Waals surface area contributed by atoms with Crippen LogP contribution in [0.25, 0.3) is 0 Å². The maximum absolute atomic E-state index is 10.7. The monoisotopic (exact) mass is 219 g/mol. The third kappa shape index (κ3) is 3.87. The van der Waals surface area contributed by atoms with Gasteiger partial charge in [-0.1, -0.05) is 17.7 Å². The second-order valence-corrected chi connectivity index (χ2v) is 3.93. The zero-order valence-corrected chi connectivity index (χ0v) is 9.69. The number of rotatable bonds is 4. The van der Waals surface area contributed by atoms with Gasteiger partial charge in [0.1, 0.15) is 5.75 Å². The molecule has 1 rings (SSSR count). The van der Waals surface area contributed by atoms with Gasteiger partial charge >= 0.3 is 5.97 Å². The van der Waals surface area contributed by atoms with Crippen molar-refractivity contribution in [2.24, 2.45) is 5.73 Å². The second kappa shape index (κ2) is 5.47. The van der Waals surface area contributed by atoms with Gasteiger partial charge in [-0.05, 0) is 31.0 Å². The number of carbonyl (C=O) groups excluding carboxylic acids is 1. The number of nitrogens with two attached hydrogens (primary N) is 1. The van der Waals surface area contributed by atoms with E-state index in [0.29, 0.717) is 5.75 Å². The molecule has 0 amide bonds. The van der Waals surface area contributed by atoms with Gasteiger partial charge in [0.25, 0.3) is 0 Å². The first-order chi connectivity index (χ1) is 7.49. The van der Waals surface area contributed by atoms with Crippen LogP contribution >= 0.6 is 0 Å². The lowest BCUT2D eigenvalue weighted by molar-refractivity contribution is -0.131. The van der Waals surface area contributed by atoms with E-state index in [0.717, 1.165) is 17.6 Å². The first-order valence-corrected chi connectivity index (χ1v) is 5.17. The van der Waals surface area contributed by atoms with E-state index < -0.39 is 0 Å². The fourth-order valence-electron chi connectivity index (χ4n) is 1.44. The van der Waals surface area contributed by atoms with E-state index in [1.165, 1.54) is 6.92 Å². The maximum Gasteiger partial charge on any atom is 0.308 e. The largest absolute Gasteiger partial charge is 0.427 e. The van der Waals surface area contributed by atoms with Crippen molar-refractivity contribution in [2.45, 2.75) is 26.3 Å². The van der Waals surface area contributed by atoms with Gasteiger partial charge in [0.2, 0.25) is 0 Å². The van der Waals surface area contributed by atoms with E-state index in [-0.39, 0.29) is 12.0 Å². The molecule has 0 aliphatic rings. The summed E-state index contributed by atoms with van der Waals surface area (Å²) in [6, 6.07) is 7.17. The van der Waals surface area contributed by atoms with Crippen molar-refractivity contribution in [2.75, 3.05) is 0 Å². The van der Waals surface area contributed by atoms with E-state index in [1.54, 1.807) is 12.1 Å². The quantitative estimate of drug-likeness (QED) is 0.481. The van der Waals surface area contributed by atoms with Gasteiger partial charge in [-0.2, -0.15) is 0 Å². The number of esters is 1. The zero-order chi connectivity index (χ0) is 12.1. The van der Waals surface area contributed by atoms with Crippen molar-refractivity contribution in [1.29, 1.82) is 0 Å². The van der Waals surface area contributed by atoms with Crippen LogP contribution in [0.1, 0.15) is 31.9 Å². The summed E-state index contributed by atoms with van der Waals surface area (Å²) in [5.41, 5.74) is 8.04. The highest BCUT2D eigenvalue weighted by Gasteiger charge is 2.06. The first-order valence-electron chi connectivity index (χ1n) is 5.17. The normalized spacial score (nSPS) is 11.9. The fourth-order valence-corrected chi connectivity index (χ4v) is 1.44. The average molecular weight is 219 g/mol. The summed E-state index contributed by atoms with van der Waals surface area (Å²) in [5, 5.41) is 0. The van der Waals surface area contributed by atoms with Gasteiger partial charge in [0.15, 0.2) is 0 Å². The van der Waals surface area contributed by atoms with Gasteiger partial charge in [-0.3, -0.25) is 4.79 Å². The molecule has 3 heteroatoms. The minimum Gasteiger partial charge on any atom is -0.427 e. The third-order valence-electron chi connectivity index (χ3n) is 2.14. The second-order valence-electron chi connectivity index (χ2n) is 3.93. The van der Waals surface area contributed by atoms with Crippen molar-refractivity contribution in [3.05, 3.63) is 42.0 Å². The number of hydrogen-bond donors (Lipinski definition) is 1. The Labute approximate surface area is 95.9 Å². The standard InChI is InChI=1S/C13H17NO2/c1-9(2)8-13(14)11-4-6-12(7-5-11)16-10(3)15/h4-7,13H,1,8,14H2,2-3H3/t13-/m1/s1. The van der Waals surface area contributed by atoms with Gasteiger partial charge < -0.3 is 10.5 Å². The molecule has 1 aromatic rings. The first kappa shape index (κ1) is 12.5. The van der Waals surface area contributed by atoms with Crippen LogP contribution in [0.4, 0.5) is 0 Å². The fraction of sp³-hybridized carbons (Fsp3) is 0.308. The number of ether oxygens (including phenoxy) is 1. The molecule has 1 atom stereocenters. The Hall–Kier alpha value is -1.61. The molecule has 0 saturated carbocycles. The summed E-state index contributed by atoms with van der Waals surface area (Å²) in [6.45, 7) is 7.16. The molecule has 0 aliphatic carbocycles. The molecule has 0 aliphatic heterocycles. The van der Waals surface area contributed by atoms with Crippen LogP contribution in [-0.4, -0.2) is 5.97 Å². The maximum atomic E-state index is 10.7. The van der Waals surface area contributed by atoms with Gasteiger partial charge in [0, 0.05) is 13.0 Å². The van der Waals surface area contributed by atoms with Gasteiger partial charge in [-0.25, -0.2) is 0 Å². The highest BCUT2D eigenvalue weighted by atomic mass is 16.5. The van der Waals surface area contributed by atoms with E-state index in [2.05, 4.69) is 6.58 Å². The Kier molecular flexibility index (Phi) is 4.26. The van der Waals surface area contributed by atoms with Gasteiger partial charge in [0.05, 0.1) is 0 Å². The molecular formula is C13H17NO2. The Morgan fingerprint density at radius 1 is 1.38 bits per heavy atom. The molecule has 0 bridgehead atoms. The number of carbonyl (C=O) groups is 1. The molecule has 2 N–H and O–H groups in total. The minimum atomic E-state index is -0.320. The molecule has 3 nitrogen and oxygen atoms in total. The number of benzene rings is 1. The molecule has 16 heavy (non-hydrogen) atoms. The Morgan fingerprint density at radius 3 is 2.38 bits per heavy atom. The topological polar surface area (TPSA) is 52.3 Å². The highest BCUT2D eigenvalue weighted by Crippen LogP contribution is 2.20. The van der Waals surface area contributed by atoms with Crippen molar-refractivity contribution < 1.29 is 9.53 Å². The molecule has 86 valence electrons. The Balaban J connectivity index is 2.70. The summed E-state index contributed by atoms with van der Waals surface area (Å²) in [4.78, 5) is 10.7. The summed E-state index contributed by atoms with van der Waals surface area (Å²) < 4.78 is 4.93. The highest BCUT2D eigenvalue weighted by molar-refractivity contribution is 5.69. The van der Waals surface area contributed by atoms with E-state index in [9.17, 15) is 4.79 Å².